The first-order valence-corrected chi connectivity index (χ1v) is 17.4. The minimum Gasteiger partial charge on any atom is -0.481 e. The Bertz CT molecular complexity index is 1030. The van der Waals surface area contributed by atoms with Crippen LogP contribution in [0.5, 0.6) is 0 Å². The van der Waals surface area contributed by atoms with Crippen molar-refractivity contribution in [2.45, 2.75) is 138 Å². The summed E-state index contributed by atoms with van der Waals surface area (Å²) in [5.41, 5.74) is 2.73. The molecule has 0 aromatic carbocycles. The zero-order valence-electron chi connectivity index (χ0n) is 27.2. The van der Waals surface area contributed by atoms with Crippen LogP contribution < -0.4 is 0 Å². The number of carboxylic acids is 1. The normalized spacial score (nSPS) is 50.6. The average molecular weight is 569 g/mol. The van der Waals surface area contributed by atoms with Crippen LogP contribution in [0.25, 0.3) is 0 Å². The van der Waals surface area contributed by atoms with Gasteiger partial charge in [0.25, 0.3) is 0 Å². The van der Waals surface area contributed by atoms with E-state index in [0.717, 1.165) is 37.9 Å². The minimum absolute atomic E-state index is 0.000877. The standard InChI is InChI=1S/C37H60O4/c1-24(2)26-14-18-37(23-41-31-10-8-9-21-40-31)20-19-35(6)27(32(26)37)11-12-29-34(5)16-13-25(22-30(38)39)33(3,4)28(34)15-17-36(29,35)7/h25-29,31-32H,1,8-23H2,2-7H3,(H,38,39)/t25-,26-,27+,28+,29+,31?,32+,34+,35+,36+,37+/m0/s1. The van der Waals surface area contributed by atoms with Crippen LogP contribution in [0.15, 0.2) is 12.2 Å². The van der Waals surface area contributed by atoms with Crippen molar-refractivity contribution in [2.75, 3.05) is 13.2 Å². The van der Waals surface area contributed by atoms with Crippen LogP contribution in [0.2, 0.25) is 0 Å². The van der Waals surface area contributed by atoms with E-state index < -0.39 is 5.97 Å². The predicted octanol–water partition coefficient (Wildman–Crippen LogP) is 9.28. The van der Waals surface area contributed by atoms with Crippen molar-refractivity contribution in [2.24, 2.45) is 62.6 Å². The fraction of sp³-hybridized carbons (Fsp3) is 0.919. The van der Waals surface area contributed by atoms with Crippen LogP contribution in [0.4, 0.5) is 0 Å². The summed E-state index contributed by atoms with van der Waals surface area (Å²) in [5, 5.41) is 9.70. The maximum Gasteiger partial charge on any atom is 0.303 e. The molecule has 1 saturated heterocycles. The number of carboxylic acid groups (broad SMARTS) is 1. The fourth-order valence-corrected chi connectivity index (χ4v) is 13.3. The lowest BCUT2D eigenvalue weighted by Gasteiger charge is -2.73. The van der Waals surface area contributed by atoms with Gasteiger partial charge in [-0.05, 0) is 153 Å². The molecule has 0 bridgehead atoms. The summed E-state index contributed by atoms with van der Waals surface area (Å²) in [6.07, 6.45) is 16.5. The van der Waals surface area contributed by atoms with Gasteiger partial charge < -0.3 is 14.6 Å². The lowest BCUT2D eigenvalue weighted by Crippen LogP contribution is -2.66. The van der Waals surface area contributed by atoms with Crippen molar-refractivity contribution in [3.05, 3.63) is 12.2 Å². The smallest absolute Gasteiger partial charge is 0.303 e. The van der Waals surface area contributed by atoms with Crippen LogP contribution in [-0.4, -0.2) is 30.6 Å². The highest BCUT2D eigenvalue weighted by molar-refractivity contribution is 5.67. The second-order valence-corrected chi connectivity index (χ2v) is 17.3. The Hall–Kier alpha value is -0.870. The molecule has 6 rings (SSSR count). The number of fused-ring (bicyclic) bond motifs is 7. The molecule has 0 aromatic heterocycles. The van der Waals surface area contributed by atoms with Gasteiger partial charge in [0, 0.05) is 13.0 Å². The Morgan fingerprint density at radius 2 is 1.66 bits per heavy atom. The number of ether oxygens (including phenoxy) is 2. The molecule has 1 unspecified atom stereocenters. The monoisotopic (exact) mass is 568 g/mol. The molecule has 1 aliphatic heterocycles. The molecule has 1 N–H and O–H groups in total. The highest BCUT2D eigenvalue weighted by atomic mass is 16.7. The first-order chi connectivity index (χ1) is 19.3. The molecule has 6 aliphatic rings. The van der Waals surface area contributed by atoms with Crippen molar-refractivity contribution in [1.82, 2.24) is 0 Å². The summed E-state index contributed by atoms with van der Waals surface area (Å²) < 4.78 is 12.7. The van der Waals surface area contributed by atoms with Gasteiger partial charge in [-0.15, -0.1) is 0 Å². The van der Waals surface area contributed by atoms with Gasteiger partial charge in [0.15, 0.2) is 6.29 Å². The molecule has 0 spiro atoms. The van der Waals surface area contributed by atoms with Crippen LogP contribution in [0.3, 0.4) is 0 Å². The quantitative estimate of drug-likeness (QED) is 0.324. The summed E-state index contributed by atoms with van der Waals surface area (Å²) in [6.45, 7) is 21.5. The molecule has 4 nitrogen and oxygen atoms in total. The molecule has 41 heavy (non-hydrogen) atoms. The summed E-state index contributed by atoms with van der Waals surface area (Å²) >= 11 is 0. The van der Waals surface area contributed by atoms with Crippen LogP contribution >= 0.6 is 0 Å². The minimum atomic E-state index is -0.617. The zero-order valence-corrected chi connectivity index (χ0v) is 27.2. The molecule has 11 atom stereocenters. The van der Waals surface area contributed by atoms with Crippen LogP contribution in [-0.2, 0) is 14.3 Å². The molecule has 1 heterocycles. The maximum absolute atomic E-state index is 11.8. The molecule has 0 radical (unpaired) electrons. The summed E-state index contributed by atoms with van der Waals surface area (Å²) in [7, 11) is 0. The van der Waals surface area contributed by atoms with Crippen LogP contribution in [0, 0.1) is 62.6 Å². The van der Waals surface area contributed by atoms with Gasteiger partial charge >= 0.3 is 5.97 Å². The summed E-state index contributed by atoms with van der Waals surface area (Å²) in [5.74, 6) is 3.05. The van der Waals surface area contributed by atoms with Gasteiger partial charge in [-0.25, -0.2) is 0 Å². The second kappa shape index (κ2) is 10.4. The highest BCUT2D eigenvalue weighted by Crippen LogP contribution is 2.78. The van der Waals surface area contributed by atoms with E-state index in [1.165, 1.54) is 76.2 Å². The van der Waals surface area contributed by atoms with Crippen LogP contribution in [0.1, 0.15) is 131 Å². The number of rotatable bonds is 6. The molecular weight excluding hydrogens is 508 g/mol. The van der Waals surface area contributed by atoms with Crippen molar-refractivity contribution >= 4 is 5.97 Å². The molecule has 4 heteroatoms. The number of carbonyl (C=O) groups is 1. The largest absolute Gasteiger partial charge is 0.481 e. The molecule has 6 fully saturated rings. The average Bonchev–Trinajstić information content (AvgIpc) is 3.30. The van der Waals surface area contributed by atoms with E-state index in [9.17, 15) is 9.90 Å². The molecule has 0 amide bonds. The predicted molar refractivity (Wildman–Crippen MR) is 164 cm³/mol. The first-order valence-electron chi connectivity index (χ1n) is 17.4. The Morgan fingerprint density at radius 3 is 2.34 bits per heavy atom. The molecule has 232 valence electrons. The fourth-order valence-electron chi connectivity index (χ4n) is 13.3. The Morgan fingerprint density at radius 1 is 0.878 bits per heavy atom. The van der Waals surface area contributed by atoms with Crippen molar-refractivity contribution < 1.29 is 19.4 Å². The third kappa shape index (κ3) is 4.45. The second-order valence-electron chi connectivity index (χ2n) is 17.3. The number of allylic oxidation sites excluding steroid dienone is 1. The topological polar surface area (TPSA) is 55.8 Å². The third-order valence-electron chi connectivity index (χ3n) is 15.6. The van der Waals surface area contributed by atoms with E-state index in [2.05, 4.69) is 48.1 Å². The van der Waals surface area contributed by atoms with Crippen molar-refractivity contribution in [3.63, 3.8) is 0 Å². The van der Waals surface area contributed by atoms with E-state index >= 15 is 0 Å². The van der Waals surface area contributed by atoms with E-state index in [0.29, 0.717) is 46.3 Å². The lowest BCUT2D eigenvalue weighted by atomic mass is 9.32. The zero-order chi connectivity index (χ0) is 29.4. The number of hydrogen-bond acceptors (Lipinski definition) is 3. The Balaban J connectivity index is 1.30. The number of aliphatic carboxylic acids is 1. The van der Waals surface area contributed by atoms with Gasteiger partial charge in [-0.3, -0.25) is 4.79 Å². The first kappa shape index (κ1) is 30.2. The maximum atomic E-state index is 11.8. The van der Waals surface area contributed by atoms with Gasteiger partial charge in [-0.1, -0.05) is 46.8 Å². The Kier molecular flexibility index (Phi) is 7.62. The molecular formula is C37H60O4. The summed E-state index contributed by atoms with van der Waals surface area (Å²) in [6, 6.07) is 0. The van der Waals surface area contributed by atoms with E-state index in [4.69, 9.17) is 9.47 Å². The molecule has 5 saturated carbocycles. The van der Waals surface area contributed by atoms with Gasteiger partial charge in [-0.2, -0.15) is 0 Å². The van der Waals surface area contributed by atoms with Gasteiger partial charge in [0.2, 0.25) is 0 Å². The number of hydrogen-bond donors (Lipinski definition) is 1. The van der Waals surface area contributed by atoms with E-state index in [-0.39, 0.29) is 17.1 Å². The third-order valence-corrected chi connectivity index (χ3v) is 15.6. The summed E-state index contributed by atoms with van der Waals surface area (Å²) in [4.78, 5) is 11.8. The molecule has 5 aliphatic carbocycles. The Labute approximate surface area is 250 Å². The highest BCUT2D eigenvalue weighted by Gasteiger charge is 2.70. The SMILES string of the molecule is C=C(C)[C@@H]1CC[C@]2(COC3CCCCO3)CC[C@]3(C)[C@H](CC[C@@H]4[C@]5(C)CC[C@@H](CC(=O)O)C(C)(C)[C@H]5CC[C@]43C)[C@@H]12. The lowest BCUT2D eigenvalue weighted by molar-refractivity contribution is -0.252. The van der Waals surface area contributed by atoms with Crippen molar-refractivity contribution in [3.8, 4) is 0 Å². The molecule has 0 aromatic rings. The van der Waals surface area contributed by atoms with E-state index in [1.807, 2.05) is 0 Å². The van der Waals surface area contributed by atoms with Crippen molar-refractivity contribution in [1.29, 1.82) is 0 Å². The van der Waals surface area contributed by atoms with E-state index in [1.54, 1.807) is 0 Å². The van der Waals surface area contributed by atoms with Gasteiger partial charge in [0.05, 0.1) is 6.61 Å². The van der Waals surface area contributed by atoms with Gasteiger partial charge in [0.1, 0.15) is 0 Å².